The van der Waals surface area contributed by atoms with E-state index in [1.54, 1.807) is 26.2 Å². The Morgan fingerprint density at radius 3 is 2.70 bits per heavy atom. The second kappa shape index (κ2) is 9.27. The van der Waals surface area contributed by atoms with Gasteiger partial charge in [0, 0.05) is 24.7 Å². The summed E-state index contributed by atoms with van der Waals surface area (Å²) >= 11 is 0. The van der Waals surface area contributed by atoms with Crippen LogP contribution in [0, 0.1) is 0 Å². The Bertz CT molecular complexity index is 1140. The molecule has 2 N–H and O–H groups in total. The minimum atomic E-state index is -3.80. The quantitative estimate of drug-likeness (QED) is 0.508. The average Bonchev–Trinajstić information content (AvgIpc) is 3.12. The zero-order valence-electron chi connectivity index (χ0n) is 17.3. The fourth-order valence-corrected chi connectivity index (χ4v) is 4.59. The van der Waals surface area contributed by atoms with E-state index in [4.69, 9.17) is 4.74 Å². The zero-order valence-corrected chi connectivity index (χ0v) is 18.1. The predicted octanol–water partition coefficient (Wildman–Crippen LogP) is 2.55. The molecule has 0 spiro atoms. The van der Waals surface area contributed by atoms with Gasteiger partial charge < -0.3 is 14.6 Å². The molecule has 0 saturated heterocycles. The van der Waals surface area contributed by atoms with Gasteiger partial charge in [-0.2, -0.15) is 0 Å². The summed E-state index contributed by atoms with van der Waals surface area (Å²) in [6, 6.07) is 12.0. The molecular formula is C21H26N4O4S. The maximum Gasteiger partial charge on any atom is 0.251 e. The molecule has 0 aliphatic rings. The van der Waals surface area contributed by atoms with Gasteiger partial charge in [-0.15, -0.1) is 0 Å². The molecule has 0 unspecified atom stereocenters. The first kappa shape index (κ1) is 21.8. The number of nitrogens with one attached hydrogen (secondary N) is 2. The summed E-state index contributed by atoms with van der Waals surface area (Å²) in [5.41, 5.74) is 2.24. The number of aromatic nitrogens is 2. The van der Waals surface area contributed by atoms with E-state index in [1.165, 1.54) is 19.2 Å². The Labute approximate surface area is 176 Å². The highest BCUT2D eigenvalue weighted by Gasteiger charge is 2.22. The van der Waals surface area contributed by atoms with Crippen LogP contribution in [0.25, 0.3) is 11.0 Å². The highest BCUT2D eigenvalue weighted by Crippen LogP contribution is 2.25. The number of hydrogen-bond donors (Lipinski definition) is 2. The number of methoxy groups -OCH3 is 1. The van der Waals surface area contributed by atoms with Crippen LogP contribution in [0.5, 0.6) is 5.75 Å². The molecule has 0 aliphatic heterocycles. The minimum absolute atomic E-state index is 0.0590. The molecule has 0 radical (unpaired) electrons. The van der Waals surface area contributed by atoms with E-state index in [-0.39, 0.29) is 28.2 Å². The van der Waals surface area contributed by atoms with E-state index >= 15 is 0 Å². The topological polar surface area (TPSA) is 102 Å². The van der Waals surface area contributed by atoms with E-state index in [0.29, 0.717) is 19.5 Å². The van der Waals surface area contributed by atoms with Crippen LogP contribution in [-0.2, 0) is 16.6 Å². The van der Waals surface area contributed by atoms with Crippen LogP contribution in [0.3, 0.4) is 0 Å². The van der Waals surface area contributed by atoms with Crippen molar-refractivity contribution < 1.29 is 17.9 Å². The van der Waals surface area contributed by atoms with Crippen molar-refractivity contribution in [2.24, 2.45) is 0 Å². The van der Waals surface area contributed by atoms with Crippen molar-refractivity contribution in [1.29, 1.82) is 0 Å². The maximum atomic E-state index is 12.6. The summed E-state index contributed by atoms with van der Waals surface area (Å²) < 4.78 is 34.8. The molecule has 0 saturated carbocycles. The molecule has 1 amide bonds. The van der Waals surface area contributed by atoms with Crippen LogP contribution in [0.2, 0.25) is 0 Å². The molecule has 9 heteroatoms. The lowest BCUT2D eigenvalue weighted by atomic mass is 10.2. The number of carbonyl (C=O) groups excluding carboxylic acids is 1. The van der Waals surface area contributed by atoms with E-state index in [2.05, 4.69) is 15.0 Å². The smallest absolute Gasteiger partial charge is 0.251 e. The van der Waals surface area contributed by atoms with Gasteiger partial charge in [0.15, 0.2) is 0 Å². The number of amides is 1. The molecule has 3 rings (SSSR count). The van der Waals surface area contributed by atoms with Gasteiger partial charge in [0.25, 0.3) is 5.91 Å². The van der Waals surface area contributed by atoms with Crippen LogP contribution < -0.4 is 14.8 Å². The summed E-state index contributed by atoms with van der Waals surface area (Å²) in [5, 5.41) is 2.84. The number of hydrogen-bond acceptors (Lipinski definition) is 5. The van der Waals surface area contributed by atoms with Gasteiger partial charge in [-0.05, 0) is 50.6 Å². The molecule has 1 aromatic heterocycles. The molecule has 1 heterocycles. The average molecular weight is 431 g/mol. The zero-order chi connectivity index (χ0) is 21.7. The Kier molecular flexibility index (Phi) is 6.73. The third-order valence-corrected chi connectivity index (χ3v) is 6.17. The predicted molar refractivity (Wildman–Crippen MR) is 115 cm³/mol. The van der Waals surface area contributed by atoms with Crippen molar-refractivity contribution in [2.45, 2.75) is 37.8 Å². The second-order valence-electron chi connectivity index (χ2n) is 7.18. The first-order chi connectivity index (χ1) is 14.3. The molecule has 0 bridgehead atoms. The Hall–Kier alpha value is -2.91. The lowest BCUT2D eigenvalue weighted by Gasteiger charge is -2.14. The van der Waals surface area contributed by atoms with Gasteiger partial charge in [0.05, 0.1) is 24.5 Å². The molecule has 0 atom stereocenters. The van der Waals surface area contributed by atoms with Crippen LogP contribution in [0.4, 0.5) is 0 Å². The number of fused-ring (bicyclic) bond motifs is 1. The molecule has 160 valence electrons. The number of para-hydroxylation sites is 2. The van der Waals surface area contributed by atoms with E-state index in [1.807, 2.05) is 28.8 Å². The van der Waals surface area contributed by atoms with Gasteiger partial charge in [-0.3, -0.25) is 4.79 Å². The first-order valence-electron chi connectivity index (χ1n) is 9.70. The largest absolute Gasteiger partial charge is 0.495 e. The van der Waals surface area contributed by atoms with Crippen LogP contribution in [-0.4, -0.2) is 43.6 Å². The Morgan fingerprint density at radius 2 is 1.97 bits per heavy atom. The molecule has 8 nitrogen and oxygen atoms in total. The fraction of sp³-hybridized carbons (Fsp3) is 0.333. The number of ether oxygens (including phenoxy) is 1. The van der Waals surface area contributed by atoms with Gasteiger partial charge in [-0.1, -0.05) is 12.1 Å². The van der Waals surface area contributed by atoms with Crippen molar-refractivity contribution in [3.05, 3.63) is 54.4 Å². The summed E-state index contributed by atoms with van der Waals surface area (Å²) in [4.78, 5) is 16.8. The Morgan fingerprint density at radius 1 is 1.20 bits per heavy atom. The second-order valence-corrected chi connectivity index (χ2v) is 8.86. The van der Waals surface area contributed by atoms with Gasteiger partial charge in [0.1, 0.15) is 10.6 Å². The number of nitrogens with zero attached hydrogens (tertiary/aromatic N) is 2. The lowest BCUT2D eigenvalue weighted by molar-refractivity contribution is 0.0952. The van der Waals surface area contributed by atoms with E-state index in [9.17, 15) is 13.2 Å². The number of carbonyl (C=O) groups is 1. The van der Waals surface area contributed by atoms with Crippen molar-refractivity contribution in [1.82, 2.24) is 19.6 Å². The molecule has 3 aromatic rings. The van der Waals surface area contributed by atoms with Gasteiger partial charge >= 0.3 is 0 Å². The molecular weight excluding hydrogens is 404 g/mol. The third kappa shape index (κ3) is 4.98. The number of rotatable bonds is 9. The number of benzene rings is 2. The fourth-order valence-electron chi connectivity index (χ4n) is 3.14. The van der Waals surface area contributed by atoms with Crippen molar-refractivity contribution in [2.75, 3.05) is 13.7 Å². The summed E-state index contributed by atoms with van der Waals surface area (Å²) in [7, 11) is -2.41. The first-order valence-corrected chi connectivity index (χ1v) is 11.2. The maximum absolute atomic E-state index is 12.6. The van der Waals surface area contributed by atoms with Crippen LogP contribution in [0.15, 0.2) is 53.7 Å². The lowest BCUT2D eigenvalue weighted by Crippen LogP contribution is -2.31. The number of sulfonamides is 1. The van der Waals surface area contributed by atoms with Crippen molar-refractivity contribution in [3.8, 4) is 5.75 Å². The summed E-state index contributed by atoms with van der Waals surface area (Å²) in [6.45, 7) is 4.61. The third-order valence-electron chi connectivity index (χ3n) is 4.49. The van der Waals surface area contributed by atoms with E-state index < -0.39 is 10.0 Å². The molecule has 2 aromatic carbocycles. The standard InChI is InChI=1S/C21H26N4O4S/c1-15(2)24-30(27,28)20-13-16(9-10-19(20)29-3)21(26)22-11-6-12-25-14-23-17-7-4-5-8-18(17)25/h4-5,7-10,13-15,24H,6,11-12H2,1-3H3,(H,22,26). The SMILES string of the molecule is COc1ccc(C(=O)NCCCn2cnc3ccccc32)cc1S(=O)(=O)NC(C)C. The molecule has 0 fully saturated rings. The Balaban J connectivity index is 1.64. The van der Waals surface area contributed by atoms with Gasteiger partial charge in [0.2, 0.25) is 10.0 Å². The number of imidazole rings is 1. The van der Waals surface area contributed by atoms with Crippen molar-refractivity contribution in [3.63, 3.8) is 0 Å². The highest BCUT2D eigenvalue weighted by molar-refractivity contribution is 7.89. The van der Waals surface area contributed by atoms with Gasteiger partial charge in [-0.25, -0.2) is 18.1 Å². The highest BCUT2D eigenvalue weighted by atomic mass is 32.2. The normalized spacial score (nSPS) is 11.7. The van der Waals surface area contributed by atoms with Crippen molar-refractivity contribution >= 4 is 27.0 Å². The summed E-state index contributed by atoms with van der Waals surface area (Å²) in [6.07, 6.45) is 2.50. The molecule has 0 aliphatic carbocycles. The minimum Gasteiger partial charge on any atom is -0.495 e. The monoisotopic (exact) mass is 430 g/mol. The summed E-state index contributed by atoms with van der Waals surface area (Å²) in [5.74, 6) is -0.152. The number of aryl methyl sites for hydroxylation is 1. The molecule has 30 heavy (non-hydrogen) atoms. The van der Waals surface area contributed by atoms with Crippen LogP contribution >= 0.6 is 0 Å². The van der Waals surface area contributed by atoms with E-state index in [0.717, 1.165) is 11.0 Å². The van der Waals surface area contributed by atoms with Crippen LogP contribution in [0.1, 0.15) is 30.6 Å².